The Balaban J connectivity index is 2.53. The molecule has 0 saturated heterocycles. The standard InChI is InChI=1S/C14H22N2O2/c1-3-13(18-4-2)10-16-14(17)12-7-5-6-11(8-12)9-15/h5-8,13H,3-4,9-10,15H2,1-2H3,(H,16,17)/t13-/m0/s1. The molecule has 0 saturated carbocycles. The summed E-state index contributed by atoms with van der Waals surface area (Å²) < 4.78 is 5.49. The Kier molecular flexibility index (Phi) is 6.39. The van der Waals surface area contributed by atoms with E-state index in [4.69, 9.17) is 10.5 Å². The molecule has 0 aliphatic carbocycles. The van der Waals surface area contributed by atoms with Gasteiger partial charge in [-0.3, -0.25) is 4.79 Å². The molecule has 100 valence electrons. The summed E-state index contributed by atoms with van der Waals surface area (Å²) in [5.74, 6) is -0.0801. The molecule has 0 aliphatic rings. The van der Waals surface area contributed by atoms with E-state index in [1.54, 1.807) is 6.07 Å². The highest BCUT2D eigenvalue weighted by atomic mass is 16.5. The fourth-order valence-corrected chi connectivity index (χ4v) is 1.70. The molecule has 4 heteroatoms. The van der Waals surface area contributed by atoms with Crippen LogP contribution >= 0.6 is 0 Å². The van der Waals surface area contributed by atoms with Crippen LogP contribution in [0.15, 0.2) is 24.3 Å². The molecule has 1 amide bonds. The normalized spacial score (nSPS) is 12.2. The predicted molar refractivity (Wildman–Crippen MR) is 72.4 cm³/mol. The highest BCUT2D eigenvalue weighted by molar-refractivity contribution is 5.94. The number of ether oxygens (including phenoxy) is 1. The molecule has 1 aromatic carbocycles. The van der Waals surface area contributed by atoms with Gasteiger partial charge in [-0.05, 0) is 31.0 Å². The number of nitrogens with one attached hydrogen (secondary N) is 1. The number of carbonyl (C=O) groups is 1. The minimum absolute atomic E-state index is 0.0801. The van der Waals surface area contributed by atoms with E-state index in [-0.39, 0.29) is 12.0 Å². The molecular weight excluding hydrogens is 228 g/mol. The van der Waals surface area contributed by atoms with Crippen molar-refractivity contribution >= 4 is 5.91 Å². The largest absolute Gasteiger partial charge is 0.377 e. The number of carbonyl (C=O) groups excluding carboxylic acids is 1. The maximum Gasteiger partial charge on any atom is 0.251 e. The summed E-state index contributed by atoms with van der Waals surface area (Å²) in [4.78, 5) is 11.9. The molecule has 0 spiro atoms. The maximum atomic E-state index is 11.9. The molecule has 0 bridgehead atoms. The van der Waals surface area contributed by atoms with E-state index in [0.29, 0.717) is 25.3 Å². The second-order valence-electron chi connectivity index (χ2n) is 4.10. The summed E-state index contributed by atoms with van der Waals surface area (Å²) in [6, 6.07) is 7.36. The first-order valence-corrected chi connectivity index (χ1v) is 6.40. The molecule has 0 fully saturated rings. The highest BCUT2D eigenvalue weighted by Gasteiger charge is 2.10. The lowest BCUT2D eigenvalue weighted by atomic mass is 10.1. The van der Waals surface area contributed by atoms with Crippen molar-refractivity contribution in [3.05, 3.63) is 35.4 Å². The molecular formula is C14H22N2O2. The Morgan fingerprint density at radius 2 is 2.22 bits per heavy atom. The van der Waals surface area contributed by atoms with Gasteiger partial charge >= 0.3 is 0 Å². The zero-order valence-electron chi connectivity index (χ0n) is 11.1. The van der Waals surface area contributed by atoms with Gasteiger partial charge < -0.3 is 15.8 Å². The first kappa shape index (κ1) is 14.7. The molecule has 0 aliphatic heterocycles. The minimum atomic E-state index is -0.0801. The van der Waals surface area contributed by atoms with E-state index < -0.39 is 0 Å². The predicted octanol–water partition coefficient (Wildman–Crippen LogP) is 1.69. The van der Waals surface area contributed by atoms with Crippen molar-refractivity contribution < 1.29 is 9.53 Å². The van der Waals surface area contributed by atoms with Crippen molar-refractivity contribution in [1.29, 1.82) is 0 Å². The van der Waals surface area contributed by atoms with E-state index in [2.05, 4.69) is 5.32 Å². The Bertz CT molecular complexity index is 380. The van der Waals surface area contributed by atoms with Crippen molar-refractivity contribution in [1.82, 2.24) is 5.32 Å². The number of benzene rings is 1. The second-order valence-corrected chi connectivity index (χ2v) is 4.10. The SMILES string of the molecule is CCO[C@@H](CC)CNC(=O)c1cccc(CN)c1. The molecule has 0 heterocycles. The maximum absolute atomic E-state index is 11.9. The number of hydrogen-bond acceptors (Lipinski definition) is 3. The van der Waals surface area contributed by atoms with Crippen molar-refractivity contribution in [3.8, 4) is 0 Å². The minimum Gasteiger partial charge on any atom is -0.377 e. The van der Waals surface area contributed by atoms with Gasteiger partial charge in [0.25, 0.3) is 5.91 Å². The molecule has 0 radical (unpaired) electrons. The van der Waals surface area contributed by atoms with Crippen molar-refractivity contribution in [2.24, 2.45) is 5.73 Å². The average molecular weight is 250 g/mol. The third kappa shape index (κ3) is 4.47. The zero-order chi connectivity index (χ0) is 13.4. The van der Waals surface area contributed by atoms with Crippen molar-refractivity contribution in [3.63, 3.8) is 0 Å². The van der Waals surface area contributed by atoms with Gasteiger partial charge in [0.05, 0.1) is 6.10 Å². The van der Waals surface area contributed by atoms with Crippen LogP contribution in [-0.4, -0.2) is 25.2 Å². The van der Waals surface area contributed by atoms with Crippen molar-refractivity contribution in [2.75, 3.05) is 13.2 Å². The summed E-state index contributed by atoms with van der Waals surface area (Å²) in [6.07, 6.45) is 0.966. The van der Waals surface area contributed by atoms with Gasteiger partial charge in [0.1, 0.15) is 0 Å². The quantitative estimate of drug-likeness (QED) is 0.774. The van der Waals surface area contributed by atoms with Gasteiger partial charge in [-0.1, -0.05) is 19.1 Å². The number of amides is 1. The molecule has 4 nitrogen and oxygen atoms in total. The first-order chi connectivity index (χ1) is 8.71. The molecule has 0 aromatic heterocycles. The number of hydrogen-bond donors (Lipinski definition) is 2. The lowest BCUT2D eigenvalue weighted by Crippen LogP contribution is -2.33. The van der Waals surface area contributed by atoms with E-state index in [1.165, 1.54) is 0 Å². The average Bonchev–Trinajstić information content (AvgIpc) is 2.43. The van der Waals surface area contributed by atoms with E-state index in [9.17, 15) is 4.79 Å². The fraction of sp³-hybridized carbons (Fsp3) is 0.500. The van der Waals surface area contributed by atoms with E-state index in [1.807, 2.05) is 32.0 Å². The van der Waals surface area contributed by atoms with E-state index >= 15 is 0 Å². The Morgan fingerprint density at radius 3 is 2.83 bits per heavy atom. The van der Waals surface area contributed by atoms with Gasteiger partial charge in [0, 0.05) is 25.3 Å². The van der Waals surface area contributed by atoms with Crippen LogP contribution in [0.2, 0.25) is 0 Å². The summed E-state index contributed by atoms with van der Waals surface area (Å²) >= 11 is 0. The molecule has 18 heavy (non-hydrogen) atoms. The topological polar surface area (TPSA) is 64.3 Å². The van der Waals surface area contributed by atoms with Crippen LogP contribution in [0.3, 0.4) is 0 Å². The number of nitrogens with two attached hydrogens (primary N) is 1. The van der Waals surface area contributed by atoms with Crippen LogP contribution in [0.4, 0.5) is 0 Å². The molecule has 1 atom stereocenters. The first-order valence-electron chi connectivity index (χ1n) is 6.40. The van der Waals surface area contributed by atoms with Gasteiger partial charge in [-0.15, -0.1) is 0 Å². The van der Waals surface area contributed by atoms with Crippen molar-refractivity contribution in [2.45, 2.75) is 32.9 Å². The Morgan fingerprint density at radius 1 is 1.44 bits per heavy atom. The molecule has 3 N–H and O–H groups in total. The summed E-state index contributed by atoms with van der Waals surface area (Å²) in [5, 5.41) is 2.88. The second kappa shape index (κ2) is 7.84. The third-order valence-electron chi connectivity index (χ3n) is 2.77. The summed E-state index contributed by atoms with van der Waals surface area (Å²) in [6.45, 7) is 5.64. The monoisotopic (exact) mass is 250 g/mol. The molecule has 1 aromatic rings. The van der Waals surface area contributed by atoms with Crippen LogP contribution in [0.5, 0.6) is 0 Å². The van der Waals surface area contributed by atoms with Crippen LogP contribution in [0.1, 0.15) is 36.2 Å². The molecule has 1 rings (SSSR count). The third-order valence-corrected chi connectivity index (χ3v) is 2.77. The zero-order valence-corrected chi connectivity index (χ0v) is 11.1. The number of rotatable bonds is 7. The fourth-order valence-electron chi connectivity index (χ4n) is 1.70. The highest BCUT2D eigenvalue weighted by Crippen LogP contribution is 2.05. The van der Waals surface area contributed by atoms with Gasteiger partial charge in [0.2, 0.25) is 0 Å². The lowest BCUT2D eigenvalue weighted by molar-refractivity contribution is 0.0569. The van der Waals surface area contributed by atoms with Crippen LogP contribution in [0.25, 0.3) is 0 Å². The lowest BCUT2D eigenvalue weighted by Gasteiger charge is -2.15. The summed E-state index contributed by atoms with van der Waals surface area (Å²) in [5.41, 5.74) is 7.15. The van der Waals surface area contributed by atoms with Gasteiger partial charge in [-0.25, -0.2) is 0 Å². The van der Waals surface area contributed by atoms with Gasteiger partial charge in [-0.2, -0.15) is 0 Å². The van der Waals surface area contributed by atoms with E-state index in [0.717, 1.165) is 12.0 Å². The van der Waals surface area contributed by atoms with Crippen LogP contribution in [0, 0.1) is 0 Å². The Labute approximate surface area is 109 Å². The smallest absolute Gasteiger partial charge is 0.251 e. The van der Waals surface area contributed by atoms with Gasteiger partial charge in [0.15, 0.2) is 0 Å². The molecule has 0 unspecified atom stereocenters. The van der Waals surface area contributed by atoms with Crippen LogP contribution < -0.4 is 11.1 Å². The Hall–Kier alpha value is -1.39. The summed E-state index contributed by atoms with van der Waals surface area (Å²) in [7, 11) is 0. The van der Waals surface area contributed by atoms with Crippen LogP contribution in [-0.2, 0) is 11.3 Å².